The summed E-state index contributed by atoms with van der Waals surface area (Å²) < 4.78 is 149. The Morgan fingerprint density at radius 1 is 0.641 bits per heavy atom. The van der Waals surface area contributed by atoms with E-state index in [2.05, 4.69) is 18.3 Å². The lowest BCUT2D eigenvalue weighted by atomic mass is 9.12. The summed E-state index contributed by atoms with van der Waals surface area (Å²) in [7, 11) is 0. The van der Waals surface area contributed by atoms with E-state index in [-0.39, 0.29) is 24.8 Å². The highest BCUT2D eigenvalue weighted by atomic mass is 19.2. The zero-order valence-corrected chi connectivity index (χ0v) is 20.8. The molecule has 0 aromatic heterocycles. The van der Waals surface area contributed by atoms with Crippen LogP contribution in [-0.2, 0) is 0 Å². The number of hydrogen-bond acceptors (Lipinski definition) is 1. The number of halogens is 10. The molecule has 2 aromatic carbocycles. The molecule has 12 heteroatoms. The van der Waals surface area contributed by atoms with Gasteiger partial charge < -0.3 is 4.90 Å². The van der Waals surface area contributed by atoms with Gasteiger partial charge in [0.2, 0.25) is 0 Å². The Kier molecular flexibility index (Phi) is 8.13. The van der Waals surface area contributed by atoms with E-state index in [0.717, 1.165) is 6.42 Å². The van der Waals surface area contributed by atoms with E-state index in [4.69, 9.17) is 0 Å². The van der Waals surface area contributed by atoms with Crippen LogP contribution in [0.2, 0.25) is 5.82 Å². The van der Waals surface area contributed by atoms with Crippen LogP contribution in [0.5, 0.6) is 0 Å². The third kappa shape index (κ3) is 4.62. The quantitative estimate of drug-likeness (QED) is 0.142. The minimum absolute atomic E-state index is 0.0403. The SMILES string of the molecule is C=C(C)C#C[B-](c1c(F)c(F)c(F)c(F)c1F)(c1c(F)c(F)c(F)c(F)c1F)[C@@H]1CCC[C@@H]1N1CCCCC1. The molecule has 0 amide bonds. The van der Waals surface area contributed by atoms with Crippen molar-refractivity contribution < 1.29 is 43.9 Å². The monoisotopic (exact) mass is 562 g/mol. The molecular weight excluding hydrogens is 539 g/mol. The van der Waals surface area contributed by atoms with Gasteiger partial charge in [-0.05, 0) is 50.9 Å². The average molecular weight is 562 g/mol. The van der Waals surface area contributed by atoms with Gasteiger partial charge in [-0.1, -0.05) is 25.8 Å². The van der Waals surface area contributed by atoms with Crippen molar-refractivity contribution in [3.8, 4) is 11.7 Å². The fraction of sp³-hybridized carbons (Fsp3) is 0.407. The minimum atomic E-state index is -4.19. The topological polar surface area (TPSA) is 3.24 Å². The van der Waals surface area contributed by atoms with E-state index in [9.17, 15) is 26.3 Å². The molecule has 0 spiro atoms. The van der Waals surface area contributed by atoms with Crippen LogP contribution >= 0.6 is 0 Å². The van der Waals surface area contributed by atoms with Crippen LogP contribution in [0.4, 0.5) is 43.9 Å². The summed E-state index contributed by atoms with van der Waals surface area (Å²) >= 11 is 0. The maximum atomic E-state index is 15.6. The Morgan fingerprint density at radius 3 is 1.46 bits per heavy atom. The summed E-state index contributed by atoms with van der Waals surface area (Å²) in [4.78, 5) is 1.86. The summed E-state index contributed by atoms with van der Waals surface area (Å²) in [6, 6.07) is -0.755. The summed E-state index contributed by atoms with van der Waals surface area (Å²) in [5.41, 5.74) is -3.46. The van der Waals surface area contributed by atoms with Crippen LogP contribution in [-0.4, -0.2) is 30.2 Å². The second-order valence-electron chi connectivity index (χ2n) is 10.2. The van der Waals surface area contributed by atoms with Crippen LogP contribution in [0.1, 0.15) is 45.4 Å². The predicted octanol–water partition coefficient (Wildman–Crippen LogP) is 6.17. The normalized spacial score (nSPS) is 20.2. The maximum absolute atomic E-state index is 15.6. The Bertz CT molecular complexity index is 1260. The molecule has 0 unspecified atom stereocenters. The van der Waals surface area contributed by atoms with E-state index < -0.39 is 87.1 Å². The molecule has 2 aromatic rings. The highest BCUT2D eigenvalue weighted by Crippen LogP contribution is 2.44. The number of likely N-dealkylation sites (tertiary alicyclic amines) is 1. The Labute approximate surface area is 218 Å². The largest absolute Gasteiger partial charge is 0.303 e. The van der Waals surface area contributed by atoms with Crippen molar-refractivity contribution in [3.05, 3.63) is 70.3 Å². The molecule has 1 saturated heterocycles. The molecule has 0 bridgehead atoms. The first-order valence-electron chi connectivity index (χ1n) is 12.5. The van der Waals surface area contributed by atoms with Crippen LogP contribution < -0.4 is 10.9 Å². The standard InChI is InChI=1S/C27H23BF10N/c1-13(2)9-10-28(16-18(29)22(33)26(37)23(34)19(16)30,17-20(31)24(35)27(38)25(36)21(17)32)14-7-6-8-15(14)39-11-4-3-5-12-39/h14-15H,1,3-8,11-12H2,2H3/q-1/t14-,15+/m1/s1. The highest BCUT2D eigenvalue weighted by molar-refractivity contribution is 7.09. The summed E-state index contributed by atoms with van der Waals surface area (Å²) in [5, 5.41) is 0. The van der Waals surface area contributed by atoms with Crippen molar-refractivity contribution in [1.29, 1.82) is 0 Å². The molecule has 0 radical (unpaired) electrons. The van der Waals surface area contributed by atoms with Gasteiger partial charge in [0.05, 0.1) is 0 Å². The zero-order valence-electron chi connectivity index (χ0n) is 20.8. The van der Waals surface area contributed by atoms with E-state index in [1.165, 1.54) is 6.92 Å². The molecule has 1 aliphatic carbocycles. The first-order valence-corrected chi connectivity index (χ1v) is 12.5. The molecule has 1 heterocycles. The van der Waals surface area contributed by atoms with Gasteiger partial charge in [0.15, 0.2) is 34.9 Å². The summed E-state index contributed by atoms with van der Waals surface area (Å²) in [5.74, 6) is -21.3. The lowest BCUT2D eigenvalue weighted by molar-refractivity contribution is 0.164. The van der Waals surface area contributed by atoms with Gasteiger partial charge in [-0.3, -0.25) is 5.82 Å². The Morgan fingerprint density at radius 2 is 1.05 bits per heavy atom. The first-order chi connectivity index (χ1) is 18.4. The van der Waals surface area contributed by atoms with Crippen molar-refractivity contribution in [2.75, 3.05) is 13.1 Å². The third-order valence-corrected chi connectivity index (χ3v) is 7.94. The highest BCUT2D eigenvalue weighted by Gasteiger charge is 2.50. The Balaban J connectivity index is 2.23. The molecule has 39 heavy (non-hydrogen) atoms. The zero-order chi connectivity index (χ0) is 28.8. The fourth-order valence-electron chi connectivity index (χ4n) is 6.36. The molecule has 1 aliphatic heterocycles. The van der Waals surface area contributed by atoms with Crippen LogP contribution in [0.25, 0.3) is 0 Å². The number of rotatable bonds is 4. The number of benzene rings is 2. The number of hydrogen-bond donors (Lipinski definition) is 0. The molecular formula is C27H23BF10N-. The van der Waals surface area contributed by atoms with E-state index in [1.807, 2.05) is 4.90 Å². The molecule has 0 N–H and O–H groups in total. The minimum Gasteiger partial charge on any atom is -0.303 e. The predicted molar refractivity (Wildman–Crippen MR) is 127 cm³/mol. The first kappa shape index (κ1) is 29.1. The van der Waals surface area contributed by atoms with Crippen molar-refractivity contribution in [2.24, 2.45) is 0 Å². The number of allylic oxidation sites excluding steroid dienone is 1. The lowest BCUT2D eigenvalue weighted by Crippen LogP contribution is -2.68. The number of piperidine rings is 1. The smallest absolute Gasteiger partial charge is 0.200 e. The maximum Gasteiger partial charge on any atom is 0.200 e. The van der Waals surface area contributed by atoms with Crippen molar-refractivity contribution in [1.82, 2.24) is 4.90 Å². The van der Waals surface area contributed by atoms with Gasteiger partial charge >= 0.3 is 0 Å². The second-order valence-corrected chi connectivity index (χ2v) is 10.2. The van der Waals surface area contributed by atoms with Gasteiger partial charge in [-0.25, -0.2) is 43.9 Å². The average Bonchev–Trinajstić information content (AvgIpc) is 3.42. The lowest BCUT2D eigenvalue weighted by Gasteiger charge is -2.49. The van der Waals surface area contributed by atoms with Crippen LogP contribution in [0.3, 0.4) is 0 Å². The van der Waals surface area contributed by atoms with E-state index in [0.29, 0.717) is 25.9 Å². The van der Waals surface area contributed by atoms with Gasteiger partial charge in [0, 0.05) is 0 Å². The van der Waals surface area contributed by atoms with E-state index in [1.54, 1.807) is 0 Å². The molecule has 2 aliphatic rings. The second kappa shape index (κ2) is 10.9. The molecule has 4 rings (SSSR count). The van der Waals surface area contributed by atoms with Gasteiger partial charge in [0.1, 0.15) is 29.4 Å². The summed E-state index contributed by atoms with van der Waals surface area (Å²) in [6.07, 6.45) is -1.45. The molecule has 210 valence electrons. The van der Waals surface area contributed by atoms with Crippen LogP contribution in [0.15, 0.2) is 12.2 Å². The molecule has 2 fully saturated rings. The van der Waals surface area contributed by atoms with Gasteiger partial charge in [-0.2, -0.15) is 0 Å². The Hall–Kier alpha value is -2.94. The molecule has 2 atom stereocenters. The third-order valence-electron chi connectivity index (χ3n) is 7.94. The molecule has 1 nitrogen and oxygen atoms in total. The van der Waals surface area contributed by atoms with Crippen molar-refractivity contribution in [3.63, 3.8) is 0 Å². The molecule has 1 saturated carbocycles. The van der Waals surface area contributed by atoms with Crippen molar-refractivity contribution >= 4 is 17.1 Å². The van der Waals surface area contributed by atoms with E-state index >= 15 is 17.6 Å². The fourth-order valence-corrected chi connectivity index (χ4v) is 6.36. The number of nitrogens with zero attached hydrogens (tertiary/aromatic N) is 1. The van der Waals surface area contributed by atoms with Crippen LogP contribution in [0, 0.1) is 69.9 Å². The van der Waals surface area contributed by atoms with Gasteiger partial charge in [0.25, 0.3) is 0 Å². The van der Waals surface area contributed by atoms with Gasteiger partial charge in [-0.15, -0.1) is 22.7 Å². The van der Waals surface area contributed by atoms with Crippen molar-refractivity contribution in [2.45, 2.75) is 57.3 Å². The summed E-state index contributed by atoms with van der Waals surface area (Å²) in [6.45, 7) is 5.70.